The Balaban J connectivity index is 1.29. The summed E-state index contributed by atoms with van der Waals surface area (Å²) in [6.45, 7) is 4.32. The van der Waals surface area contributed by atoms with Crippen LogP contribution in [-0.4, -0.2) is 53.6 Å². The van der Waals surface area contributed by atoms with Crippen LogP contribution in [0, 0.1) is 5.82 Å². The van der Waals surface area contributed by atoms with E-state index in [0.29, 0.717) is 48.1 Å². The quantitative estimate of drug-likeness (QED) is 0.322. The van der Waals surface area contributed by atoms with E-state index in [9.17, 15) is 14.0 Å². The first-order valence-electron chi connectivity index (χ1n) is 10.6. The van der Waals surface area contributed by atoms with Gasteiger partial charge in [0, 0.05) is 43.5 Å². The van der Waals surface area contributed by atoms with Crippen molar-refractivity contribution in [3.05, 3.63) is 72.3 Å². The molecule has 3 aromatic rings. The Morgan fingerprint density at radius 1 is 1.00 bits per heavy atom. The second-order valence-corrected chi connectivity index (χ2v) is 8.61. The molecule has 1 fully saturated rings. The Hall–Kier alpha value is -3.46. The van der Waals surface area contributed by atoms with Crippen molar-refractivity contribution < 1.29 is 14.0 Å². The molecule has 2 heterocycles. The number of nitrogens with one attached hydrogen (secondary N) is 1. The van der Waals surface area contributed by atoms with Gasteiger partial charge < -0.3 is 15.1 Å². The molecular weight excluding hydrogens is 441 g/mol. The lowest BCUT2D eigenvalue weighted by molar-refractivity contribution is -0.113. The number of aromatic nitrogens is 2. The van der Waals surface area contributed by atoms with E-state index in [1.165, 1.54) is 31.1 Å². The van der Waals surface area contributed by atoms with Crippen LogP contribution >= 0.6 is 11.8 Å². The minimum atomic E-state index is -0.209. The molecule has 0 unspecified atom stereocenters. The molecule has 9 heteroatoms. The van der Waals surface area contributed by atoms with Gasteiger partial charge in [0.1, 0.15) is 23.0 Å². The largest absolute Gasteiger partial charge is 0.366 e. The van der Waals surface area contributed by atoms with E-state index in [4.69, 9.17) is 0 Å². The summed E-state index contributed by atoms with van der Waals surface area (Å²) in [7, 11) is 0. The first-order valence-corrected chi connectivity index (χ1v) is 11.6. The standard InChI is InChI=1S/C24H24FN5O2S/c1-17(31)18-6-8-19(9-7-18)28-23(32)15-33-24-14-22(26-16-27-24)30-12-10-29(11-13-30)21-5-3-2-4-20(21)25/h2-9,14,16H,10-13,15H2,1H3,(H,28,32). The molecule has 2 aromatic carbocycles. The molecule has 0 spiro atoms. The number of anilines is 3. The van der Waals surface area contributed by atoms with Crippen LogP contribution in [0.4, 0.5) is 21.6 Å². The molecule has 1 aromatic heterocycles. The van der Waals surface area contributed by atoms with E-state index in [-0.39, 0.29) is 23.3 Å². The Kier molecular flexibility index (Phi) is 7.19. The van der Waals surface area contributed by atoms with Gasteiger partial charge in [-0.2, -0.15) is 0 Å². The number of thioether (sulfide) groups is 1. The van der Waals surface area contributed by atoms with Crippen molar-refractivity contribution in [3.63, 3.8) is 0 Å². The summed E-state index contributed by atoms with van der Waals surface area (Å²) in [6, 6.07) is 15.5. The lowest BCUT2D eigenvalue weighted by Crippen LogP contribution is -2.47. The summed E-state index contributed by atoms with van der Waals surface area (Å²) >= 11 is 1.33. The van der Waals surface area contributed by atoms with Gasteiger partial charge in [-0.25, -0.2) is 14.4 Å². The maximum Gasteiger partial charge on any atom is 0.234 e. The van der Waals surface area contributed by atoms with E-state index in [1.807, 2.05) is 17.0 Å². The zero-order chi connectivity index (χ0) is 23.2. The zero-order valence-corrected chi connectivity index (χ0v) is 19.0. The van der Waals surface area contributed by atoms with Gasteiger partial charge in [0.15, 0.2) is 5.78 Å². The Morgan fingerprint density at radius 3 is 2.39 bits per heavy atom. The van der Waals surface area contributed by atoms with Gasteiger partial charge in [0.2, 0.25) is 5.91 Å². The number of hydrogen-bond acceptors (Lipinski definition) is 7. The number of para-hydroxylation sites is 1. The van der Waals surface area contributed by atoms with E-state index in [0.717, 1.165) is 5.82 Å². The molecule has 1 amide bonds. The van der Waals surface area contributed by atoms with E-state index >= 15 is 0 Å². The third-order valence-electron chi connectivity index (χ3n) is 5.35. The van der Waals surface area contributed by atoms with Gasteiger partial charge in [-0.15, -0.1) is 0 Å². The van der Waals surface area contributed by atoms with Gasteiger partial charge in [0.05, 0.1) is 11.4 Å². The van der Waals surface area contributed by atoms with Crippen LogP contribution in [0.5, 0.6) is 0 Å². The van der Waals surface area contributed by atoms with Crippen LogP contribution < -0.4 is 15.1 Å². The van der Waals surface area contributed by atoms with E-state index < -0.39 is 0 Å². The third-order valence-corrected chi connectivity index (χ3v) is 6.28. The molecule has 0 atom stereocenters. The highest BCUT2D eigenvalue weighted by Crippen LogP contribution is 2.24. The number of hydrogen-bond donors (Lipinski definition) is 1. The Morgan fingerprint density at radius 2 is 1.70 bits per heavy atom. The fourth-order valence-corrected chi connectivity index (χ4v) is 4.25. The lowest BCUT2D eigenvalue weighted by atomic mass is 10.1. The highest BCUT2D eigenvalue weighted by molar-refractivity contribution is 7.99. The summed E-state index contributed by atoms with van der Waals surface area (Å²) < 4.78 is 14.1. The molecule has 1 saturated heterocycles. The van der Waals surface area contributed by atoms with Crippen LogP contribution in [0.1, 0.15) is 17.3 Å². The van der Waals surface area contributed by atoms with Crippen molar-refractivity contribution in [3.8, 4) is 0 Å². The van der Waals surface area contributed by atoms with E-state index in [1.54, 1.807) is 36.4 Å². The first kappa shape index (κ1) is 22.7. The lowest BCUT2D eigenvalue weighted by Gasteiger charge is -2.36. The molecule has 170 valence electrons. The average Bonchev–Trinajstić information content (AvgIpc) is 2.84. The number of rotatable bonds is 7. The van der Waals surface area contributed by atoms with Crippen LogP contribution in [0.25, 0.3) is 0 Å². The van der Waals surface area contributed by atoms with Gasteiger partial charge in [-0.05, 0) is 43.3 Å². The average molecular weight is 466 g/mol. The summed E-state index contributed by atoms with van der Waals surface area (Å²) in [6.07, 6.45) is 1.50. The summed E-state index contributed by atoms with van der Waals surface area (Å²) in [5.41, 5.74) is 1.87. The monoisotopic (exact) mass is 465 g/mol. The molecule has 0 saturated carbocycles. The van der Waals surface area contributed by atoms with Crippen LogP contribution in [-0.2, 0) is 4.79 Å². The van der Waals surface area contributed by atoms with Crippen molar-refractivity contribution in [2.24, 2.45) is 0 Å². The molecule has 1 aliphatic heterocycles. The minimum absolute atomic E-state index is 0.0170. The summed E-state index contributed by atoms with van der Waals surface area (Å²) in [5.74, 6) is 0.609. The highest BCUT2D eigenvalue weighted by atomic mass is 32.2. The number of piperazine rings is 1. The fourth-order valence-electron chi connectivity index (χ4n) is 3.59. The van der Waals surface area contributed by atoms with Gasteiger partial charge in [-0.1, -0.05) is 23.9 Å². The first-order chi connectivity index (χ1) is 16.0. The SMILES string of the molecule is CC(=O)c1ccc(NC(=O)CSc2cc(N3CCN(c4ccccc4F)CC3)ncn2)cc1. The number of amides is 1. The second-order valence-electron chi connectivity index (χ2n) is 7.61. The molecule has 7 nitrogen and oxygen atoms in total. The number of ketones is 1. The topological polar surface area (TPSA) is 78.4 Å². The molecule has 4 rings (SSSR count). The molecule has 1 aliphatic rings. The summed E-state index contributed by atoms with van der Waals surface area (Å²) in [5, 5.41) is 3.53. The van der Waals surface area contributed by atoms with Crippen molar-refractivity contribution in [1.82, 2.24) is 9.97 Å². The molecule has 1 N–H and O–H groups in total. The third kappa shape index (κ3) is 5.87. The van der Waals surface area contributed by atoms with Crippen molar-refractivity contribution in [2.75, 3.05) is 47.0 Å². The van der Waals surface area contributed by atoms with Crippen molar-refractivity contribution in [2.45, 2.75) is 11.9 Å². The van der Waals surface area contributed by atoms with Crippen LogP contribution in [0.3, 0.4) is 0 Å². The number of nitrogens with zero attached hydrogens (tertiary/aromatic N) is 4. The number of carbonyl (C=O) groups is 2. The molecule has 33 heavy (non-hydrogen) atoms. The maximum atomic E-state index is 14.1. The smallest absolute Gasteiger partial charge is 0.234 e. The Labute approximate surface area is 196 Å². The molecular formula is C24H24FN5O2S. The molecule has 0 radical (unpaired) electrons. The van der Waals surface area contributed by atoms with Crippen molar-refractivity contribution >= 4 is 40.6 Å². The van der Waals surface area contributed by atoms with Crippen LogP contribution in [0.15, 0.2) is 66.0 Å². The summed E-state index contributed by atoms with van der Waals surface area (Å²) in [4.78, 5) is 36.5. The molecule has 0 bridgehead atoms. The minimum Gasteiger partial charge on any atom is -0.366 e. The van der Waals surface area contributed by atoms with Gasteiger partial charge in [-0.3, -0.25) is 9.59 Å². The second kappa shape index (κ2) is 10.4. The van der Waals surface area contributed by atoms with Gasteiger partial charge >= 0.3 is 0 Å². The predicted octanol–water partition coefficient (Wildman–Crippen LogP) is 3.88. The number of carbonyl (C=O) groups excluding carboxylic acids is 2. The predicted molar refractivity (Wildman–Crippen MR) is 129 cm³/mol. The maximum absolute atomic E-state index is 14.1. The number of Topliss-reactive ketones (excluding diaryl/α,β-unsaturated/α-hetero) is 1. The zero-order valence-electron chi connectivity index (χ0n) is 18.2. The fraction of sp³-hybridized carbons (Fsp3) is 0.250. The normalized spacial score (nSPS) is 13.6. The van der Waals surface area contributed by atoms with Crippen molar-refractivity contribution in [1.29, 1.82) is 0 Å². The number of benzene rings is 2. The van der Waals surface area contributed by atoms with Crippen LogP contribution in [0.2, 0.25) is 0 Å². The molecule has 0 aliphatic carbocycles. The highest BCUT2D eigenvalue weighted by Gasteiger charge is 2.20. The van der Waals surface area contributed by atoms with E-state index in [2.05, 4.69) is 20.2 Å². The number of halogens is 1. The van der Waals surface area contributed by atoms with Gasteiger partial charge in [0.25, 0.3) is 0 Å². The Bertz CT molecular complexity index is 1130.